The van der Waals surface area contributed by atoms with Crippen LogP contribution in [0.5, 0.6) is 0 Å². The summed E-state index contributed by atoms with van der Waals surface area (Å²) in [7, 11) is 1.59. The normalized spacial score (nSPS) is 20.5. The summed E-state index contributed by atoms with van der Waals surface area (Å²) in [5, 5.41) is 10.4. The third-order valence-electron chi connectivity index (χ3n) is 4.45. The molecule has 0 aromatic heterocycles. The molecule has 1 aromatic carbocycles. The average molecular weight is 344 g/mol. The van der Waals surface area contributed by atoms with Crippen molar-refractivity contribution in [1.82, 2.24) is 0 Å². The molecule has 0 saturated heterocycles. The molecule has 2 unspecified atom stereocenters. The molecule has 1 N–H and O–H groups in total. The summed E-state index contributed by atoms with van der Waals surface area (Å²) in [6.45, 7) is 1.98. The maximum atomic E-state index is 11.9. The first-order chi connectivity index (χ1) is 11.9. The van der Waals surface area contributed by atoms with E-state index in [0.717, 1.165) is 11.3 Å². The lowest BCUT2D eigenvalue weighted by atomic mass is 9.76. The number of rotatable bonds is 8. The van der Waals surface area contributed by atoms with Gasteiger partial charge in [0.1, 0.15) is 12.4 Å². The maximum absolute atomic E-state index is 11.9. The molecule has 5 nitrogen and oxygen atoms in total. The van der Waals surface area contributed by atoms with E-state index in [0.29, 0.717) is 6.42 Å². The van der Waals surface area contributed by atoms with Crippen molar-refractivity contribution in [3.05, 3.63) is 59.9 Å². The van der Waals surface area contributed by atoms with E-state index in [1.807, 2.05) is 55.5 Å². The van der Waals surface area contributed by atoms with Gasteiger partial charge in [0, 0.05) is 11.8 Å². The van der Waals surface area contributed by atoms with Crippen LogP contribution in [-0.4, -0.2) is 30.1 Å². The number of aliphatic hydroxyl groups excluding tert-OH is 1. The van der Waals surface area contributed by atoms with Gasteiger partial charge in [-0.15, -0.1) is 0 Å². The number of hydrogen-bond acceptors (Lipinski definition) is 5. The van der Waals surface area contributed by atoms with Crippen molar-refractivity contribution in [3.63, 3.8) is 0 Å². The summed E-state index contributed by atoms with van der Waals surface area (Å²) in [5.41, 5.74) is 0.347. The molecule has 0 fully saturated rings. The van der Waals surface area contributed by atoms with Crippen molar-refractivity contribution in [2.75, 3.05) is 7.11 Å². The highest BCUT2D eigenvalue weighted by molar-refractivity contribution is 6.33. The van der Waals surface area contributed by atoms with Crippen molar-refractivity contribution in [2.45, 2.75) is 38.9 Å². The van der Waals surface area contributed by atoms with Gasteiger partial charge in [-0.3, -0.25) is 4.79 Å². The molecule has 2 atom stereocenters. The highest BCUT2D eigenvalue weighted by Gasteiger charge is 2.32. The Bertz CT molecular complexity index is 662. The van der Waals surface area contributed by atoms with Crippen molar-refractivity contribution in [1.29, 1.82) is 0 Å². The molecular weight excluding hydrogens is 320 g/mol. The van der Waals surface area contributed by atoms with E-state index in [1.54, 1.807) is 7.11 Å². The molecule has 25 heavy (non-hydrogen) atoms. The second-order valence-corrected chi connectivity index (χ2v) is 6.39. The van der Waals surface area contributed by atoms with E-state index in [4.69, 9.17) is 9.47 Å². The minimum atomic E-state index is -0.859. The van der Waals surface area contributed by atoms with Crippen molar-refractivity contribution < 1.29 is 24.2 Å². The largest absolute Gasteiger partial charge is 0.497 e. The number of esters is 1. The van der Waals surface area contributed by atoms with Gasteiger partial charge in [0.25, 0.3) is 0 Å². The van der Waals surface area contributed by atoms with E-state index in [1.165, 1.54) is 0 Å². The molecule has 0 amide bonds. The van der Waals surface area contributed by atoms with Crippen LogP contribution in [0.3, 0.4) is 0 Å². The monoisotopic (exact) mass is 344 g/mol. The van der Waals surface area contributed by atoms with Crippen LogP contribution < -0.4 is 0 Å². The number of benzene rings is 1. The number of allylic oxidation sites excluding steroid dienone is 2. The zero-order chi connectivity index (χ0) is 18.3. The minimum absolute atomic E-state index is 0.0426. The van der Waals surface area contributed by atoms with Crippen LogP contribution in [0.25, 0.3) is 0 Å². The van der Waals surface area contributed by atoms with E-state index >= 15 is 0 Å². The Morgan fingerprint density at radius 3 is 2.60 bits per heavy atom. The predicted molar refractivity (Wildman–Crippen MR) is 93.4 cm³/mol. The Balaban J connectivity index is 1.78. The summed E-state index contributed by atoms with van der Waals surface area (Å²) in [4.78, 5) is 23.7. The molecular formula is C20H24O5. The number of ether oxygens (including phenoxy) is 2. The number of Topliss-reactive ketones (excluding diaryl/α,β-unsaturated/α-hetero) is 1. The molecule has 1 aromatic rings. The van der Waals surface area contributed by atoms with Gasteiger partial charge in [0.05, 0.1) is 13.2 Å². The molecule has 0 aliphatic heterocycles. The Morgan fingerprint density at radius 2 is 2.00 bits per heavy atom. The Labute approximate surface area is 147 Å². The number of carbonyl (C=O) groups excluding carboxylic acids is 2. The average Bonchev–Trinajstić information content (AvgIpc) is 2.65. The topological polar surface area (TPSA) is 72.8 Å². The maximum Gasteiger partial charge on any atom is 0.374 e. The molecule has 0 radical (unpaired) electrons. The van der Waals surface area contributed by atoms with Gasteiger partial charge < -0.3 is 14.6 Å². The van der Waals surface area contributed by atoms with Crippen LogP contribution in [-0.2, 0) is 25.7 Å². The fraction of sp³-hybridized carbons (Fsp3) is 0.400. The number of aliphatic hydroxyl groups is 1. The lowest BCUT2D eigenvalue weighted by Crippen LogP contribution is -2.32. The van der Waals surface area contributed by atoms with Crippen molar-refractivity contribution in [3.8, 4) is 0 Å². The molecule has 0 saturated carbocycles. The van der Waals surface area contributed by atoms with Crippen LogP contribution in [0, 0.1) is 5.41 Å². The van der Waals surface area contributed by atoms with Gasteiger partial charge in [-0.2, -0.15) is 0 Å². The SMILES string of the molecule is COC1=CCC(C)(C(O)CCC(=O)C(=O)OCc2ccccc2)C=C1. The van der Waals surface area contributed by atoms with Gasteiger partial charge in [-0.25, -0.2) is 4.79 Å². The zero-order valence-electron chi connectivity index (χ0n) is 14.6. The van der Waals surface area contributed by atoms with E-state index < -0.39 is 23.3 Å². The Hall–Kier alpha value is -2.40. The van der Waals surface area contributed by atoms with Gasteiger partial charge in [0.2, 0.25) is 5.78 Å². The third kappa shape index (κ3) is 5.29. The first kappa shape index (κ1) is 18.9. The minimum Gasteiger partial charge on any atom is -0.497 e. The first-order valence-corrected chi connectivity index (χ1v) is 8.30. The van der Waals surface area contributed by atoms with Crippen LogP contribution in [0.15, 0.2) is 54.3 Å². The number of ketones is 1. The van der Waals surface area contributed by atoms with E-state index in [2.05, 4.69) is 0 Å². The molecule has 0 bridgehead atoms. The van der Waals surface area contributed by atoms with Crippen molar-refractivity contribution in [2.24, 2.45) is 5.41 Å². The number of carbonyl (C=O) groups is 2. The first-order valence-electron chi connectivity index (χ1n) is 8.30. The van der Waals surface area contributed by atoms with Gasteiger partial charge in [-0.1, -0.05) is 43.3 Å². The molecule has 2 rings (SSSR count). The standard InChI is InChI=1S/C20H24O5/c1-20(12-10-16(24-2)11-13-20)18(22)9-8-17(21)19(23)25-14-15-6-4-3-5-7-15/h3-7,10-12,18,22H,8-9,13-14H2,1-2H3. The second kappa shape index (κ2) is 8.62. The van der Waals surface area contributed by atoms with Gasteiger partial charge in [0.15, 0.2) is 0 Å². The predicted octanol–water partition coefficient (Wildman–Crippen LogP) is 2.94. The lowest BCUT2D eigenvalue weighted by Gasteiger charge is -2.32. The summed E-state index contributed by atoms with van der Waals surface area (Å²) in [6.07, 6.45) is 5.64. The zero-order valence-corrected chi connectivity index (χ0v) is 14.6. The van der Waals surface area contributed by atoms with Crippen LogP contribution in [0.4, 0.5) is 0 Å². The number of methoxy groups -OCH3 is 1. The number of hydrogen-bond donors (Lipinski definition) is 1. The summed E-state index contributed by atoms with van der Waals surface area (Å²) in [6, 6.07) is 9.17. The van der Waals surface area contributed by atoms with Crippen molar-refractivity contribution >= 4 is 11.8 Å². The van der Waals surface area contributed by atoms with Gasteiger partial charge >= 0.3 is 5.97 Å². The summed E-state index contributed by atoms with van der Waals surface area (Å²) in [5.74, 6) is -0.723. The fourth-order valence-electron chi connectivity index (χ4n) is 2.63. The highest BCUT2D eigenvalue weighted by atomic mass is 16.5. The fourth-order valence-corrected chi connectivity index (χ4v) is 2.63. The van der Waals surface area contributed by atoms with Crippen LogP contribution in [0.2, 0.25) is 0 Å². The van der Waals surface area contributed by atoms with Crippen LogP contribution in [0.1, 0.15) is 31.7 Å². The quantitative estimate of drug-likeness (QED) is 0.580. The smallest absolute Gasteiger partial charge is 0.374 e. The molecule has 0 heterocycles. The van der Waals surface area contributed by atoms with Crippen LogP contribution >= 0.6 is 0 Å². The van der Waals surface area contributed by atoms with Gasteiger partial charge in [-0.05, 0) is 30.6 Å². The third-order valence-corrected chi connectivity index (χ3v) is 4.45. The molecule has 1 aliphatic carbocycles. The highest BCUT2D eigenvalue weighted by Crippen LogP contribution is 2.35. The molecule has 5 heteroatoms. The van der Waals surface area contributed by atoms with E-state index in [-0.39, 0.29) is 19.4 Å². The molecule has 0 spiro atoms. The Morgan fingerprint density at radius 1 is 1.28 bits per heavy atom. The lowest BCUT2D eigenvalue weighted by molar-refractivity contribution is -0.155. The summed E-state index contributed by atoms with van der Waals surface area (Å²) >= 11 is 0. The summed E-state index contributed by atoms with van der Waals surface area (Å²) < 4.78 is 10.1. The second-order valence-electron chi connectivity index (χ2n) is 6.39. The van der Waals surface area contributed by atoms with E-state index in [9.17, 15) is 14.7 Å². The Kier molecular flexibility index (Phi) is 6.53. The molecule has 134 valence electrons. The molecule has 1 aliphatic rings.